The molecule has 2 heterocycles. The van der Waals surface area contributed by atoms with Crippen molar-refractivity contribution in [1.82, 2.24) is 10.2 Å². The molecule has 0 aromatic heterocycles. The van der Waals surface area contributed by atoms with E-state index in [4.69, 9.17) is 11.6 Å². The van der Waals surface area contributed by atoms with Crippen LogP contribution in [-0.2, 0) is 4.79 Å². The van der Waals surface area contributed by atoms with Crippen molar-refractivity contribution in [3.8, 4) is 11.1 Å². The number of nitrogens with zero attached hydrogens (tertiary/aromatic N) is 2. The average molecular weight is 473 g/mol. The molecule has 34 heavy (non-hydrogen) atoms. The van der Waals surface area contributed by atoms with Gasteiger partial charge in [0.15, 0.2) is 0 Å². The number of hydrogen-bond acceptors (Lipinski definition) is 5. The summed E-state index contributed by atoms with van der Waals surface area (Å²) in [7, 11) is 2.14. The lowest BCUT2D eigenvalue weighted by molar-refractivity contribution is -0.114. The first kappa shape index (κ1) is 22.2. The Kier molecular flexibility index (Phi) is 6.09. The van der Waals surface area contributed by atoms with E-state index in [1.165, 1.54) is 5.69 Å². The minimum absolute atomic E-state index is 0.397. The second-order valence-corrected chi connectivity index (χ2v) is 9.03. The summed E-state index contributed by atoms with van der Waals surface area (Å²) in [6.07, 6.45) is 1.66. The van der Waals surface area contributed by atoms with Crippen molar-refractivity contribution in [2.45, 2.75) is 0 Å². The van der Waals surface area contributed by atoms with Crippen LogP contribution in [0.3, 0.4) is 0 Å². The molecule has 0 aliphatic carbocycles. The molecule has 0 atom stereocenters. The van der Waals surface area contributed by atoms with E-state index in [9.17, 15) is 9.59 Å². The summed E-state index contributed by atoms with van der Waals surface area (Å²) in [4.78, 5) is 29.8. The molecule has 0 radical (unpaired) electrons. The molecule has 7 heteroatoms. The van der Waals surface area contributed by atoms with Crippen LogP contribution < -0.4 is 15.5 Å². The van der Waals surface area contributed by atoms with Crippen LogP contribution in [0.25, 0.3) is 16.7 Å². The molecular formula is C27H25ClN4O2. The molecule has 2 N–H and O–H groups in total. The molecule has 1 fully saturated rings. The Hall–Kier alpha value is -3.61. The molecule has 0 saturated carbocycles. The first-order valence-corrected chi connectivity index (χ1v) is 11.6. The van der Waals surface area contributed by atoms with Gasteiger partial charge in [0.2, 0.25) is 0 Å². The van der Waals surface area contributed by atoms with Gasteiger partial charge in [0, 0.05) is 59.9 Å². The summed E-state index contributed by atoms with van der Waals surface area (Å²) in [6.45, 7) is 4.12. The lowest BCUT2D eigenvalue weighted by Crippen LogP contribution is -2.44. The van der Waals surface area contributed by atoms with Crippen LogP contribution in [0.2, 0.25) is 5.02 Å². The largest absolute Gasteiger partial charge is 0.369 e. The van der Waals surface area contributed by atoms with Crippen molar-refractivity contribution >= 4 is 40.4 Å². The van der Waals surface area contributed by atoms with Gasteiger partial charge in [0.05, 0.1) is 5.57 Å². The predicted molar refractivity (Wildman–Crippen MR) is 137 cm³/mol. The molecule has 5 rings (SSSR count). The third-order valence-electron chi connectivity index (χ3n) is 6.30. The molecule has 0 spiro atoms. The van der Waals surface area contributed by atoms with Gasteiger partial charge in [-0.3, -0.25) is 14.9 Å². The fourth-order valence-corrected chi connectivity index (χ4v) is 4.50. The van der Waals surface area contributed by atoms with Crippen LogP contribution in [0.4, 0.5) is 11.4 Å². The zero-order valence-corrected chi connectivity index (χ0v) is 19.6. The Morgan fingerprint density at radius 3 is 2.32 bits per heavy atom. The molecule has 0 bridgehead atoms. The monoisotopic (exact) mass is 472 g/mol. The van der Waals surface area contributed by atoms with Crippen molar-refractivity contribution in [3.63, 3.8) is 0 Å². The molecule has 0 unspecified atom stereocenters. The molecule has 3 aromatic carbocycles. The summed E-state index contributed by atoms with van der Waals surface area (Å²) in [5.41, 5.74) is 5.30. The summed E-state index contributed by atoms with van der Waals surface area (Å²) in [6, 6.07) is 21.1. The summed E-state index contributed by atoms with van der Waals surface area (Å²) in [5, 5.41) is 6.28. The van der Waals surface area contributed by atoms with Crippen LogP contribution in [0.1, 0.15) is 15.9 Å². The van der Waals surface area contributed by atoms with Gasteiger partial charge in [0.25, 0.3) is 11.8 Å². The van der Waals surface area contributed by atoms with Crippen molar-refractivity contribution in [2.75, 3.05) is 43.4 Å². The SMILES string of the molecule is CN1CCN(c2ccc(NC=C3C(=O)NC(=O)c4ccc(-c5cccc(Cl)c5)cc43)cc2)CC1. The van der Waals surface area contributed by atoms with Gasteiger partial charge >= 0.3 is 0 Å². The number of piperazine rings is 1. The Bertz CT molecular complexity index is 1280. The third-order valence-corrected chi connectivity index (χ3v) is 6.54. The van der Waals surface area contributed by atoms with Crippen LogP contribution in [0.15, 0.2) is 72.9 Å². The zero-order valence-electron chi connectivity index (χ0n) is 18.8. The number of carbonyl (C=O) groups is 2. The number of benzene rings is 3. The maximum atomic E-state index is 12.7. The number of anilines is 2. The van der Waals surface area contributed by atoms with Gasteiger partial charge in [0.1, 0.15) is 0 Å². The second kappa shape index (κ2) is 9.33. The third kappa shape index (κ3) is 4.55. The molecule has 2 aliphatic rings. The highest BCUT2D eigenvalue weighted by molar-refractivity contribution is 6.31. The van der Waals surface area contributed by atoms with E-state index in [0.29, 0.717) is 21.7 Å². The van der Waals surface area contributed by atoms with Gasteiger partial charge < -0.3 is 15.1 Å². The normalized spacial score (nSPS) is 17.5. The van der Waals surface area contributed by atoms with Crippen LogP contribution in [0.5, 0.6) is 0 Å². The van der Waals surface area contributed by atoms with Crippen molar-refractivity contribution in [2.24, 2.45) is 0 Å². The first-order valence-electron chi connectivity index (χ1n) is 11.2. The summed E-state index contributed by atoms with van der Waals surface area (Å²) < 4.78 is 0. The van der Waals surface area contributed by atoms with E-state index in [2.05, 4.69) is 39.6 Å². The first-order chi connectivity index (χ1) is 16.5. The highest BCUT2D eigenvalue weighted by Crippen LogP contribution is 2.31. The number of hydrogen-bond donors (Lipinski definition) is 2. The Morgan fingerprint density at radius 2 is 1.59 bits per heavy atom. The number of nitrogens with one attached hydrogen (secondary N) is 2. The number of amides is 2. The van der Waals surface area contributed by atoms with Crippen LogP contribution in [0, 0.1) is 0 Å². The minimum atomic E-state index is -0.428. The topological polar surface area (TPSA) is 64.7 Å². The van der Waals surface area contributed by atoms with Crippen molar-refractivity contribution in [3.05, 3.63) is 89.1 Å². The Labute approximate surface area is 203 Å². The molecule has 2 aliphatic heterocycles. The Balaban J connectivity index is 1.41. The summed E-state index contributed by atoms with van der Waals surface area (Å²) >= 11 is 6.15. The highest BCUT2D eigenvalue weighted by Gasteiger charge is 2.27. The van der Waals surface area contributed by atoms with Gasteiger partial charge in [-0.1, -0.05) is 29.8 Å². The smallest absolute Gasteiger partial charge is 0.260 e. The number of carbonyl (C=O) groups excluding carboxylic acids is 2. The molecule has 2 amide bonds. The van der Waals surface area contributed by atoms with E-state index >= 15 is 0 Å². The number of imide groups is 1. The number of likely N-dealkylation sites (N-methyl/N-ethyl adjacent to an activating group) is 1. The fourth-order valence-electron chi connectivity index (χ4n) is 4.30. The van der Waals surface area contributed by atoms with Crippen LogP contribution in [-0.4, -0.2) is 49.9 Å². The number of rotatable bonds is 4. The van der Waals surface area contributed by atoms with E-state index in [0.717, 1.165) is 43.0 Å². The van der Waals surface area contributed by atoms with E-state index in [-0.39, 0.29) is 0 Å². The van der Waals surface area contributed by atoms with Crippen LogP contribution >= 0.6 is 11.6 Å². The lowest BCUT2D eigenvalue weighted by atomic mass is 9.91. The predicted octanol–water partition coefficient (Wildman–Crippen LogP) is 4.48. The quantitative estimate of drug-likeness (QED) is 0.433. The maximum absolute atomic E-state index is 12.7. The number of fused-ring (bicyclic) bond motifs is 1. The molecule has 1 saturated heterocycles. The van der Waals surface area contributed by atoms with E-state index < -0.39 is 11.8 Å². The minimum Gasteiger partial charge on any atom is -0.369 e. The Morgan fingerprint density at radius 1 is 0.853 bits per heavy atom. The molecular weight excluding hydrogens is 448 g/mol. The zero-order chi connectivity index (χ0) is 23.7. The van der Waals surface area contributed by atoms with Crippen molar-refractivity contribution < 1.29 is 9.59 Å². The standard InChI is InChI=1S/C27H25ClN4O2/c1-31-11-13-32(14-12-31)22-8-6-21(7-9-22)29-17-25-24-16-19(18-3-2-4-20(28)15-18)5-10-23(24)26(33)30-27(25)34/h2-10,15-17,29H,11-14H2,1H3,(H,30,33,34). The van der Waals surface area contributed by atoms with E-state index in [1.54, 1.807) is 12.3 Å². The number of halogens is 1. The van der Waals surface area contributed by atoms with E-state index in [1.807, 2.05) is 48.5 Å². The highest BCUT2D eigenvalue weighted by atomic mass is 35.5. The van der Waals surface area contributed by atoms with Gasteiger partial charge in [-0.05, 0) is 66.7 Å². The maximum Gasteiger partial charge on any atom is 0.260 e. The van der Waals surface area contributed by atoms with Crippen molar-refractivity contribution in [1.29, 1.82) is 0 Å². The van der Waals surface area contributed by atoms with Gasteiger partial charge in [-0.25, -0.2) is 0 Å². The van der Waals surface area contributed by atoms with Gasteiger partial charge in [-0.2, -0.15) is 0 Å². The molecule has 3 aromatic rings. The molecule has 6 nitrogen and oxygen atoms in total. The summed E-state index contributed by atoms with van der Waals surface area (Å²) in [5.74, 6) is -0.825. The lowest BCUT2D eigenvalue weighted by Gasteiger charge is -2.34. The van der Waals surface area contributed by atoms with Gasteiger partial charge in [-0.15, -0.1) is 0 Å². The average Bonchev–Trinajstić information content (AvgIpc) is 2.84. The fraction of sp³-hybridized carbons (Fsp3) is 0.185. The second-order valence-electron chi connectivity index (χ2n) is 8.59. The molecule has 172 valence electrons.